The molecule has 1 N–H and O–H groups in total. The Bertz CT molecular complexity index is 560. The lowest BCUT2D eigenvalue weighted by molar-refractivity contribution is 0.255. The monoisotopic (exact) mass is 295 g/mol. The molecule has 0 unspecified atom stereocenters. The first-order chi connectivity index (χ1) is 10.9. The Balaban J connectivity index is 1.60. The second-order valence-electron chi connectivity index (χ2n) is 5.93. The molecule has 3 heteroatoms. The third-order valence-electron chi connectivity index (χ3n) is 4.22. The zero-order valence-electron chi connectivity index (χ0n) is 13.2. The average molecular weight is 295 g/mol. The minimum absolute atomic E-state index is 1.04. The van der Waals surface area contributed by atoms with Gasteiger partial charge in [-0.15, -0.1) is 0 Å². The molecule has 0 aliphatic carbocycles. The predicted molar refractivity (Wildman–Crippen MR) is 91.9 cm³/mol. The molecule has 0 radical (unpaired) electrons. The molecule has 1 aromatic heterocycles. The van der Waals surface area contributed by atoms with Crippen LogP contribution in [-0.2, 0) is 6.42 Å². The summed E-state index contributed by atoms with van der Waals surface area (Å²) < 4.78 is 0. The number of rotatable bonds is 4. The lowest BCUT2D eigenvalue weighted by Crippen LogP contribution is -2.35. The van der Waals surface area contributed by atoms with Gasteiger partial charge in [0.05, 0.1) is 5.69 Å². The summed E-state index contributed by atoms with van der Waals surface area (Å²) >= 11 is 0. The molecule has 0 atom stereocenters. The van der Waals surface area contributed by atoms with Crippen molar-refractivity contribution in [1.82, 2.24) is 15.2 Å². The van der Waals surface area contributed by atoms with Gasteiger partial charge in [-0.1, -0.05) is 36.4 Å². The van der Waals surface area contributed by atoms with Gasteiger partial charge in [-0.05, 0) is 51.2 Å². The van der Waals surface area contributed by atoms with Gasteiger partial charge in [0.2, 0.25) is 0 Å². The van der Waals surface area contributed by atoms with Crippen LogP contribution in [0.3, 0.4) is 0 Å². The first-order valence-electron chi connectivity index (χ1n) is 8.36. The van der Waals surface area contributed by atoms with Crippen molar-refractivity contribution in [2.24, 2.45) is 0 Å². The molecule has 1 fully saturated rings. The van der Waals surface area contributed by atoms with E-state index in [1.165, 1.54) is 37.2 Å². The van der Waals surface area contributed by atoms with E-state index in [9.17, 15) is 0 Å². The summed E-state index contributed by atoms with van der Waals surface area (Å²) in [6.07, 6.45) is 3.53. The Labute approximate surface area is 133 Å². The largest absolute Gasteiger partial charge is 0.317 e. The molecule has 22 heavy (non-hydrogen) atoms. The molecular formula is C19H25N3. The zero-order valence-corrected chi connectivity index (χ0v) is 13.2. The summed E-state index contributed by atoms with van der Waals surface area (Å²) in [5.74, 6) is 0. The number of nitrogens with one attached hydrogen (secondary N) is 1. The molecule has 1 saturated heterocycles. The van der Waals surface area contributed by atoms with Crippen LogP contribution in [0.4, 0.5) is 0 Å². The second kappa shape index (κ2) is 8.06. The van der Waals surface area contributed by atoms with Crippen LogP contribution in [0.5, 0.6) is 0 Å². The van der Waals surface area contributed by atoms with Crippen molar-refractivity contribution < 1.29 is 0 Å². The van der Waals surface area contributed by atoms with E-state index in [-0.39, 0.29) is 0 Å². The molecule has 2 aromatic rings. The van der Waals surface area contributed by atoms with Gasteiger partial charge in [-0.25, -0.2) is 0 Å². The van der Waals surface area contributed by atoms with E-state index < -0.39 is 0 Å². The van der Waals surface area contributed by atoms with E-state index in [1.54, 1.807) is 0 Å². The first-order valence-corrected chi connectivity index (χ1v) is 8.36. The third kappa shape index (κ3) is 4.39. The summed E-state index contributed by atoms with van der Waals surface area (Å²) in [6, 6.07) is 16.8. The Kier molecular flexibility index (Phi) is 5.57. The van der Waals surface area contributed by atoms with E-state index in [0.717, 1.165) is 31.7 Å². The molecular weight excluding hydrogens is 270 g/mol. The molecule has 2 heterocycles. The number of pyridine rings is 1. The maximum absolute atomic E-state index is 4.83. The van der Waals surface area contributed by atoms with Crippen molar-refractivity contribution >= 4 is 0 Å². The quantitative estimate of drug-likeness (QED) is 0.940. The van der Waals surface area contributed by atoms with Crippen molar-refractivity contribution in [1.29, 1.82) is 0 Å². The summed E-state index contributed by atoms with van der Waals surface area (Å²) in [7, 11) is 0. The summed E-state index contributed by atoms with van der Waals surface area (Å²) in [6.45, 7) is 5.82. The van der Waals surface area contributed by atoms with E-state index in [0.29, 0.717) is 0 Å². The molecule has 116 valence electrons. The SMILES string of the molecule is c1ccc(-c2cccc(CCN3CCCNCCC3)n2)cc1. The maximum atomic E-state index is 4.83. The molecule has 0 saturated carbocycles. The van der Waals surface area contributed by atoms with Crippen LogP contribution in [0.15, 0.2) is 48.5 Å². The number of aromatic nitrogens is 1. The molecule has 3 nitrogen and oxygen atoms in total. The van der Waals surface area contributed by atoms with Crippen LogP contribution in [0, 0.1) is 0 Å². The minimum Gasteiger partial charge on any atom is -0.317 e. The third-order valence-corrected chi connectivity index (χ3v) is 4.22. The fourth-order valence-electron chi connectivity index (χ4n) is 2.98. The lowest BCUT2D eigenvalue weighted by Gasteiger charge is -2.24. The Morgan fingerprint density at radius 1 is 0.909 bits per heavy atom. The number of hydrogen-bond acceptors (Lipinski definition) is 3. The van der Waals surface area contributed by atoms with Crippen LogP contribution in [0.25, 0.3) is 11.3 Å². The Morgan fingerprint density at radius 3 is 2.45 bits per heavy atom. The highest BCUT2D eigenvalue weighted by Gasteiger charge is 2.08. The molecule has 1 aliphatic rings. The van der Waals surface area contributed by atoms with Gasteiger partial charge in [0.25, 0.3) is 0 Å². The Morgan fingerprint density at radius 2 is 1.68 bits per heavy atom. The Hall–Kier alpha value is -1.71. The molecule has 1 aromatic carbocycles. The molecule has 0 spiro atoms. The van der Waals surface area contributed by atoms with Gasteiger partial charge in [-0.3, -0.25) is 4.98 Å². The van der Waals surface area contributed by atoms with E-state index >= 15 is 0 Å². The molecule has 3 rings (SSSR count). The standard InChI is InChI=1S/C19H25N3/c1-2-7-17(8-3-1)19-10-4-9-18(21-19)11-16-22-14-5-12-20-13-6-15-22/h1-4,7-10,20H,5-6,11-16H2. The second-order valence-corrected chi connectivity index (χ2v) is 5.93. The summed E-state index contributed by atoms with van der Waals surface area (Å²) in [5, 5.41) is 3.47. The molecule has 0 bridgehead atoms. The first kappa shape index (κ1) is 15.2. The molecule has 1 aliphatic heterocycles. The van der Waals surface area contributed by atoms with Gasteiger partial charge in [0.1, 0.15) is 0 Å². The normalized spacial score (nSPS) is 16.9. The van der Waals surface area contributed by atoms with Crippen LogP contribution in [-0.4, -0.2) is 42.6 Å². The number of benzene rings is 1. The van der Waals surface area contributed by atoms with Gasteiger partial charge in [-0.2, -0.15) is 0 Å². The smallest absolute Gasteiger partial charge is 0.0705 e. The van der Waals surface area contributed by atoms with Crippen molar-refractivity contribution in [2.75, 3.05) is 32.7 Å². The lowest BCUT2D eigenvalue weighted by atomic mass is 10.1. The van der Waals surface area contributed by atoms with Crippen molar-refractivity contribution in [3.05, 3.63) is 54.2 Å². The minimum atomic E-state index is 1.04. The summed E-state index contributed by atoms with van der Waals surface area (Å²) in [4.78, 5) is 7.41. The van der Waals surface area contributed by atoms with Crippen LogP contribution >= 0.6 is 0 Å². The predicted octanol–water partition coefficient (Wildman–Crippen LogP) is 2.98. The van der Waals surface area contributed by atoms with Gasteiger partial charge in [0.15, 0.2) is 0 Å². The highest BCUT2D eigenvalue weighted by Crippen LogP contribution is 2.16. The average Bonchev–Trinajstić information content (AvgIpc) is 2.55. The van der Waals surface area contributed by atoms with Gasteiger partial charge < -0.3 is 10.2 Å². The number of hydrogen-bond donors (Lipinski definition) is 1. The van der Waals surface area contributed by atoms with Crippen molar-refractivity contribution in [2.45, 2.75) is 19.3 Å². The molecule has 0 amide bonds. The van der Waals surface area contributed by atoms with Crippen LogP contribution < -0.4 is 5.32 Å². The van der Waals surface area contributed by atoms with E-state index in [1.807, 2.05) is 6.07 Å². The van der Waals surface area contributed by atoms with Crippen LogP contribution in [0.1, 0.15) is 18.5 Å². The van der Waals surface area contributed by atoms with Gasteiger partial charge >= 0.3 is 0 Å². The summed E-state index contributed by atoms with van der Waals surface area (Å²) in [5.41, 5.74) is 3.47. The van der Waals surface area contributed by atoms with E-state index in [2.05, 4.69) is 52.7 Å². The topological polar surface area (TPSA) is 28.2 Å². The van der Waals surface area contributed by atoms with Crippen molar-refractivity contribution in [3.8, 4) is 11.3 Å². The van der Waals surface area contributed by atoms with Gasteiger partial charge in [0, 0.05) is 24.2 Å². The van der Waals surface area contributed by atoms with E-state index in [4.69, 9.17) is 4.98 Å². The van der Waals surface area contributed by atoms with Crippen molar-refractivity contribution in [3.63, 3.8) is 0 Å². The number of nitrogens with zero attached hydrogens (tertiary/aromatic N) is 2. The highest BCUT2D eigenvalue weighted by atomic mass is 15.1. The fraction of sp³-hybridized carbons (Fsp3) is 0.421. The maximum Gasteiger partial charge on any atom is 0.0705 e. The highest BCUT2D eigenvalue weighted by molar-refractivity contribution is 5.58. The van der Waals surface area contributed by atoms with Crippen LogP contribution in [0.2, 0.25) is 0 Å². The zero-order chi connectivity index (χ0) is 15.0. The fourth-order valence-corrected chi connectivity index (χ4v) is 2.98.